The molecule has 0 aliphatic carbocycles. The summed E-state index contributed by atoms with van der Waals surface area (Å²) in [6.07, 6.45) is 0.643. The summed E-state index contributed by atoms with van der Waals surface area (Å²) < 4.78 is 45.0. The van der Waals surface area contributed by atoms with Gasteiger partial charge in [0.1, 0.15) is 5.82 Å². The number of nitrogens with two attached hydrogens (primary N) is 1. The summed E-state index contributed by atoms with van der Waals surface area (Å²) in [4.78, 5) is -0.106. The number of benzene rings is 1. The number of sulfonamides is 1. The van der Waals surface area contributed by atoms with Gasteiger partial charge in [-0.3, -0.25) is 0 Å². The highest BCUT2D eigenvalue weighted by Crippen LogP contribution is 2.24. The fraction of sp³-hybridized carbons (Fsp3) is 0.500. The summed E-state index contributed by atoms with van der Waals surface area (Å²) >= 11 is 0. The van der Waals surface area contributed by atoms with Crippen LogP contribution in [0.25, 0.3) is 0 Å². The molecule has 2 N–H and O–H groups in total. The summed E-state index contributed by atoms with van der Waals surface area (Å²) in [5.41, 5.74) is 5.60. The Labute approximate surface area is 112 Å². The highest BCUT2D eigenvalue weighted by Gasteiger charge is 2.33. The molecule has 0 spiro atoms. The van der Waals surface area contributed by atoms with Crippen LogP contribution in [-0.4, -0.2) is 38.5 Å². The second-order valence-electron chi connectivity index (χ2n) is 4.47. The first-order chi connectivity index (χ1) is 8.95. The topological polar surface area (TPSA) is 72.6 Å². The van der Waals surface area contributed by atoms with Crippen molar-refractivity contribution in [1.82, 2.24) is 4.31 Å². The van der Waals surface area contributed by atoms with E-state index < -0.39 is 15.8 Å². The second-order valence-corrected chi connectivity index (χ2v) is 6.36. The van der Waals surface area contributed by atoms with Gasteiger partial charge in [0.15, 0.2) is 0 Å². The number of nitrogens with zero attached hydrogens (tertiary/aromatic N) is 1. The molecular formula is C12H17FN2O3S. The third kappa shape index (κ3) is 2.88. The zero-order chi connectivity index (χ0) is 14.0. The molecule has 0 saturated carbocycles. The van der Waals surface area contributed by atoms with Crippen molar-refractivity contribution >= 4 is 15.7 Å². The fourth-order valence-electron chi connectivity index (χ4n) is 2.15. The van der Waals surface area contributed by atoms with Crippen LogP contribution in [0.15, 0.2) is 23.1 Å². The largest absolute Gasteiger partial charge is 0.399 e. The molecule has 0 bridgehead atoms. The lowest BCUT2D eigenvalue weighted by atomic mass is 10.2. The molecule has 1 aromatic carbocycles. The normalized spacial score (nSPS) is 21.5. The van der Waals surface area contributed by atoms with Crippen molar-refractivity contribution in [3.05, 3.63) is 24.0 Å². The van der Waals surface area contributed by atoms with E-state index in [0.29, 0.717) is 19.6 Å². The summed E-state index contributed by atoms with van der Waals surface area (Å²) in [5.74, 6) is -0.653. The smallest absolute Gasteiger partial charge is 0.243 e. The molecular weight excluding hydrogens is 271 g/mol. The Morgan fingerprint density at radius 2 is 2.21 bits per heavy atom. The van der Waals surface area contributed by atoms with E-state index in [1.807, 2.05) is 6.92 Å². The van der Waals surface area contributed by atoms with Crippen LogP contribution in [0.3, 0.4) is 0 Å². The molecule has 2 rings (SSSR count). The SMILES string of the molecule is CCC1COCCN1S(=O)(=O)c1cc(N)cc(F)c1. The molecule has 1 aliphatic rings. The Morgan fingerprint density at radius 1 is 1.47 bits per heavy atom. The predicted octanol–water partition coefficient (Wildman–Crippen LogP) is 1.21. The second kappa shape index (κ2) is 5.44. The minimum Gasteiger partial charge on any atom is -0.399 e. The predicted molar refractivity (Wildman–Crippen MR) is 69.6 cm³/mol. The average Bonchev–Trinajstić information content (AvgIpc) is 2.37. The summed E-state index contributed by atoms with van der Waals surface area (Å²) in [5, 5.41) is 0. The van der Waals surface area contributed by atoms with Crippen LogP contribution in [0.2, 0.25) is 0 Å². The number of hydrogen-bond donors (Lipinski definition) is 1. The van der Waals surface area contributed by atoms with Crippen molar-refractivity contribution in [2.45, 2.75) is 24.3 Å². The molecule has 0 radical (unpaired) electrons. The maximum atomic E-state index is 13.3. The Hall–Kier alpha value is -1.18. The number of morpholine rings is 1. The first-order valence-electron chi connectivity index (χ1n) is 6.11. The molecule has 1 saturated heterocycles. The third-order valence-electron chi connectivity index (χ3n) is 3.14. The first kappa shape index (κ1) is 14.2. The lowest BCUT2D eigenvalue weighted by Crippen LogP contribution is -2.48. The number of ether oxygens (including phenoxy) is 1. The van der Waals surface area contributed by atoms with E-state index in [1.165, 1.54) is 10.4 Å². The Kier molecular flexibility index (Phi) is 4.07. The maximum Gasteiger partial charge on any atom is 0.243 e. The highest BCUT2D eigenvalue weighted by atomic mass is 32.2. The molecule has 1 atom stereocenters. The van der Waals surface area contributed by atoms with E-state index in [4.69, 9.17) is 10.5 Å². The minimum atomic E-state index is -3.73. The van der Waals surface area contributed by atoms with Crippen molar-refractivity contribution in [1.29, 1.82) is 0 Å². The van der Waals surface area contributed by atoms with Gasteiger partial charge in [0, 0.05) is 18.3 Å². The van der Waals surface area contributed by atoms with Gasteiger partial charge >= 0.3 is 0 Å². The molecule has 5 nitrogen and oxygen atoms in total. The lowest BCUT2D eigenvalue weighted by Gasteiger charge is -2.34. The standard InChI is InChI=1S/C12H17FN2O3S/c1-2-11-8-18-4-3-15(11)19(16,17)12-6-9(13)5-10(14)7-12/h5-7,11H,2-4,8,14H2,1H3. The zero-order valence-electron chi connectivity index (χ0n) is 10.7. The van der Waals surface area contributed by atoms with Crippen LogP contribution < -0.4 is 5.73 Å². The quantitative estimate of drug-likeness (QED) is 0.848. The van der Waals surface area contributed by atoms with Crippen molar-refractivity contribution in [2.75, 3.05) is 25.5 Å². The van der Waals surface area contributed by atoms with Crippen LogP contribution in [-0.2, 0) is 14.8 Å². The van der Waals surface area contributed by atoms with E-state index in [2.05, 4.69) is 0 Å². The molecule has 0 aromatic heterocycles. The van der Waals surface area contributed by atoms with Gasteiger partial charge in [-0.05, 0) is 24.6 Å². The molecule has 1 heterocycles. The fourth-order valence-corrected chi connectivity index (χ4v) is 3.88. The van der Waals surface area contributed by atoms with Crippen molar-refractivity contribution in [2.24, 2.45) is 0 Å². The van der Waals surface area contributed by atoms with Crippen LogP contribution in [0.1, 0.15) is 13.3 Å². The van der Waals surface area contributed by atoms with Gasteiger partial charge in [0.2, 0.25) is 10.0 Å². The number of rotatable bonds is 3. The monoisotopic (exact) mass is 288 g/mol. The third-order valence-corrected chi connectivity index (χ3v) is 5.07. The molecule has 1 aromatic rings. The summed E-state index contributed by atoms with van der Waals surface area (Å²) in [7, 11) is -3.73. The Balaban J connectivity index is 2.40. The van der Waals surface area contributed by atoms with E-state index in [9.17, 15) is 12.8 Å². The highest BCUT2D eigenvalue weighted by molar-refractivity contribution is 7.89. The number of anilines is 1. The molecule has 106 valence electrons. The Morgan fingerprint density at radius 3 is 2.84 bits per heavy atom. The van der Waals surface area contributed by atoms with Crippen LogP contribution in [0, 0.1) is 5.82 Å². The first-order valence-corrected chi connectivity index (χ1v) is 7.55. The van der Waals surface area contributed by atoms with Crippen molar-refractivity contribution in [3.8, 4) is 0 Å². The van der Waals surface area contributed by atoms with Crippen LogP contribution >= 0.6 is 0 Å². The van der Waals surface area contributed by atoms with Crippen molar-refractivity contribution < 1.29 is 17.5 Å². The van der Waals surface area contributed by atoms with E-state index in [-0.39, 0.29) is 23.2 Å². The molecule has 1 unspecified atom stereocenters. The van der Waals surface area contributed by atoms with Crippen LogP contribution in [0.4, 0.5) is 10.1 Å². The average molecular weight is 288 g/mol. The summed E-state index contributed by atoms with van der Waals surface area (Å²) in [6, 6.07) is 3.15. The van der Waals surface area contributed by atoms with E-state index in [1.54, 1.807) is 0 Å². The van der Waals surface area contributed by atoms with Gasteiger partial charge in [-0.15, -0.1) is 0 Å². The van der Waals surface area contributed by atoms with E-state index >= 15 is 0 Å². The van der Waals surface area contributed by atoms with Gasteiger partial charge in [0.05, 0.1) is 18.1 Å². The lowest BCUT2D eigenvalue weighted by molar-refractivity contribution is 0.0314. The van der Waals surface area contributed by atoms with Gasteiger partial charge in [-0.25, -0.2) is 12.8 Å². The van der Waals surface area contributed by atoms with Gasteiger partial charge in [-0.1, -0.05) is 6.92 Å². The molecule has 1 fully saturated rings. The zero-order valence-corrected chi connectivity index (χ0v) is 11.5. The van der Waals surface area contributed by atoms with Crippen molar-refractivity contribution in [3.63, 3.8) is 0 Å². The van der Waals surface area contributed by atoms with Gasteiger partial charge in [-0.2, -0.15) is 4.31 Å². The number of nitrogen functional groups attached to an aromatic ring is 1. The number of hydrogen-bond acceptors (Lipinski definition) is 4. The van der Waals surface area contributed by atoms with Gasteiger partial charge in [0.25, 0.3) is 0 Å². The maximum absolute atomic E-state index is 13.3. The minimum absolute atomic E-state index is 0.0971. The summed E-state index contributed by atoms with van der Waals surface area (Å²) in [6.45, 7) is 2.88. The molecule has 1 aliphatic heterocycles. The van der Waals surface area contributed by atoms with E-state index in [0.717, 1.165) is 12.1 Å². The number of halogens is 1. The molecule has 0 amide bonds. The molecule has 19 heavy (non-hydrogen) atoms. The van der Waals surface area contributed by atoms with Gasteiger partial charge < -0.3 is 10.5 Å². The van der Waals surface area contributed by atoms with Crippen LogP contribution in [0.5, 0.6) is 0 Å². The Bertz CT molecular complexity index is 542. The molecule has 7 heteroatoms.